The molecule has 1 aromatic carbocycles. The van der Waals surface area contributed by atoms with E-state index in [1.807, 2.05) is 24.3 Å². The largest absolute Gasteiger partial charge is 0.421 e. The lowest BCUT2D eigenvalue weighted by Gasteiger charge is -2.08. The summed E-state index contributed by atoms with van der Waals surface area (Å²) >= 11 is 0. The van der Waals surface area contributed by atoms with Crippen molar-refractivity contribution in [1.29, 1.82) is 0 Å². The van der Waals surface area contributed by atoms with Crippen molar-refractivity contribution in [3.8, 4) is 11.5 Å². The van der Waals surface area contributed by atoms with E-state index in [9.17, 15) is 0 Å². The molecular weight excluding hydrogens is 216 g/mol. The Hall–Kier alpha value is -1.88. The average Bonchev–Trinajstić information content (AvgIpc) is 2.77. The third kappa shape index (κ3) is 2.82. The van der Waals surface area contributed by atoms with Gasteiger partial charge in [0, 0.05) is 19.2 Å². The lowest BCUT2D eigenvalue weighted by Crippen LogP contribution is -2.08. The highest BCUT2D eigenvalue weighted by molar-refractivity contribution is 5.72. The summed E-state index contributed by atoms with van der Waals surface area (Å²) in [6, 6.07) is 7.86. The zero-order chi connectivity index (χ0) is 12.1. The maximum atomic E-state index is 5.46. The minimum absolute atomic E-state index is 0.540. The Balaban J connectivity index is 2.21. The summed E-state index contributed by atoms with van der Waals surface area (Å²) in [5.74, 6) is 1.11. The van der Waals surface area contributed by atoms with Crippen LogP contribution in [-0.4, -0.2) is 23.3 Å². The second-order valence-electron chi connectivity index (χ2n) is 3.74. The minimum atomic E-state index is 0.540. The fourth-order valence-electron chi connectivity index (χ4n) is 1.55. The highest BCUT2D eigenvalue weighted by atomic mass is 16.4. The van der Waals surface area contributed by atoms with Crippen molar-refractivity contribution in [3.63, 3.8) is 0 Å². The number of nitrogens with zero attached hydrogens (tertiary/aromatic N) is 2. The van der Waals surface area contributed by atoms with Crippen molar-refractivity contribution >= 4 is 5.69 Å². The van der Waals surface area contributed by atoms with Crippen LogP contribution >= 0.6 is 0 Å². The first-order valence-electron chi connectivity index (χ1n) is 5.64. The van der Waals surface area contributed by atoms with Gasteiger partial charge in [-0.15, -0.1) is 10.2 Å². The Labute approximate surface area is 100 Å². The van der Waals surface area contributed by atoms with Crippen LogP contribution in [0.1, 0.15) is 12.3 Å². The molecule has 1 aromatic heterocycles. The Morgan fingerprint density at radius 1 is 1.29 bits per heavy atom. The molecule has 0 unspecified atom stereocenters. The maximum Gasteiger partial charge on any atom is 0.249 e. The molecule has 0 fully saturated rings. The topological polar surface area (TPSA) is 77.0 Å². The molecule has 0 amide bonds. The number of nitrogens with one attached hydrogen (secondary N) is 1. The van der Waals surface area contributed by atoms with Crippen LogP contribution in [0.3, 0.4) is 0 Å². The van der Waals surface area contributed by atoms with Crippen molar-refractivity contribution < 1.29 is 4.42 Å². The lowest BCUT2D eigenvalue weighted by molar-refractivity contribution is 0.533. The van der Waals surface area contributed by atoms with E-state index in [0.29, 0.717) is 18.3 Å². The first kappa shape index (κ1) is 11.6. The van der Waals surface area contributed by atoms with Gasteiger partial charge < -0.3 is 15.5 Å². The van der Waals surface area contributed by atoms with E-state index in [-0.39, 0.29) is 0 Å². The van der Waals surface area contributed by atoms with E-state index >= 15 is 0 Å². The lowest BCUT2D eigenvalue weighted by atomic mass is 10.1. The first-order valence-corrected chi connectivity index (χ1v) is 5.64. The third-order valence-corrected chi connectivity index (χ3v) is 2.38. The molecular formula is C12H16N4O. The van der Waals surface area contributed by atoms with Crippen molar-refractivity contribution in [3.05, 3.63) is 30.2 Å². The van der Waals surface area contributed by atoms with Gasteiger partial charge in [-0.25, -0.2) is 0 Å². The summed E-state index contributed by atoms with van der Waals surface area (Å²) < 4.78 is 5.43. The van der Waals surface area contributed by atoms with Crippen LogP contribution in [0, 0.1) is 6.92 Å². The monoisotopic (exact) mass is 232 g/mol. The van der Waals surface area contributed by atoms with Crippen molar-refractivity contribution in [2.24, 2.45) is 5.73 Å². The van der Waals surface area contributed by atoms with Crippen molar-refractivity contribution in [2.75, 3.05) is 18.4 Å². The molecule has 0 saturated carbocycles. The third-order valence-electron chi connectivity index (χ3n) is 2.38. The molecule has 0 atom stereocenters. The standard InChI is InChI=1S/C12H16N4O/c1-9-15-16-12(17-9)10-5-2-3-6-11(10)14-8-4-7-13/h2-3,5-6,14H,4,7-8,13H2,1H3. The minimum Gasteiger partial charge on any atom is -0.421 e. The molecule has 0 aliphatic carbocycles. The van der Waals surface area contributed by atoms with Crippen LogP contribution in [0.5, 0.6) is 0 Å². The van der Waals surface area contributed by atoms with Crippen LogP contribution in [0.2, 0.25) is 0 Å². The summed E-state index contributed by atoms with van der Waals surface area (Å²) in [5, 5.41) is 11.2. The highest BCUT2D eigenvalue weighted by Crippen LogP contribution is 2.26. The molecule has 0 aliphatic rings. The van der Waals surface area contributed by atoms with Gasteiger partial charge in [-0.2, -0.15) is 0 Å². The maximum absolute atomic E-state index is 5.46. The van der Waals surface area contributed by atoms with Crippen LogP contribution in [0.25, 0.3) is 11.5 Å². The van der Waals surface area contributed by atoms with E-state index in [4.69, 9.17) is 10.2 Å². The second-order valence-corrected chi connectivity index (χ2v) is 3.74. The molecule has 0 bridgehead atoms. The van der Waals surface area contributed by atoms with E-state index < -0.39 is 0 Å². The van der Waals surface area contributed by atoms with Crippen LogP contribution in [-0.2, 0) is 0 Å². The Morgan fingerprint density at radius 2 is 2.12 bits per heavy atom. The van der Waals surface area contributed by atoms with E-state index in [1.54, 1.807) is 6.92 Å². The van der Waals surface area contributed by atoms with Crippen LogP contribution in [0.4, 0.5) is 5.69 Å². The number of aryl methyl sites for hydroxylation is 1. The van der Waals surface area contributed by atoms with Gasteiger partial charge in [0.1, 0.15) is 0 Å². The molecule has 90 valence electrons. The Morgan fingerprint density at radius 3 is 2.82 bits per heavy atom. The number of hydrogen-bond donors (Lipinski definition) is 2. The number of benzene rings is 1. The molecule has 0 spiro atoms. The number of para-hydroxylation sites is 1. The van der Waals surface area contributed by atoms with Gasteiger partial charge >= 0.3 is 0 Å². The van der Waals surface area contributed by atoms with Gasteiger partial charge in [-0.05, 0) is 25.1 Å². The van der Waals surface area contributed by atoms with Crippen molar-refractivity contribution in [1.82, 2.24) is 10.2 Å². The molecule has 3 N–H and O–H groups in total. The molecule has 2 rings (SSSR count). The summed E-state index contributed by atoms with van der Waals surface area (Å²) in [4.78, 5) is 0. The predicted molar refractivity (Wildman–Crippen MR) is 66.6 cm³/mol. The number of aromatic nitrogens is 2. The molecule has 0 saturated heterocycles. The van der Waals surface area contributed by atoms with Gasteiger partial charge in [-0.3, -0.25) is 0 Å². The number of rotatable bonds is 5. The van der Waals surface area contributed by atoms with Gasteiger partial charge in [0.15, 0.2) is 0 Å². The molecule has 0 radical (unpaired) electrons. The Kier molecular flexibility index (Phi) is 3.72. The van der Waals surface area contributed by atoms with E-state index in [2.05, 4.69) is 15.5 Å². The summed E-state index contributed by atoms with van der Waals surface area (Å²) in [5.41, 5.74) is 7.38. The van der Waals surface area contributed by atoms with Gasteiger partial charge in [0.2, 0.25) is 11.8 Å². The van der Waals surface area contributed by atoms with Crippen LogP contribution in [0.15, 0.2) is 28.7 Å². The number of hydrogen-bond acceptors (Lipinski definition) is 5. The smallest absolute Gasteiger partial charge is 0.249 e. The zero-order valence-electron chi connectivity index (χ0n) is 9.81. The molecule has 1 heterocycles. The van der Waals surface area contributed by atoms with Gasteiger partial charge in [-0.1, -0.05) is 12.1 Å². The van der Waals surface area contributed by atoms with Gasteiger partial charge in [0.25, 0.3) is 0 Å². The molecule has 5 nitrogen and oxygen atoms in total. The highest BCUT2D eigenvalue weighted by Gasteiger charge is 2.09. The molecule has 0 aliphatic heterocycles. The quantitative estimate of drug-likeness (QED) is 0.769. The fourth-order valence-corrected chi connectivity index (χ4v) is 1.55. The normalized spacial score (nSPS) is 10.5. The Bertz CT molecular complexity index is 481. The SMILES string of the molecule is Cc1nnc(-c2ccccc2NCCCN)o1. The first-order chi connectivity index (χ1) is 8.31. The summed E-state index contributed by atoms with van der Waals surface area (Å²) in [6.45, 7) is 3.29. The fraction of sp³-hybridized carbons (Fsp3) is 0.333. The zero-order valence-corrected chi connectivity index (χ0v) is 9.81. The van der Waals surface area contributed by atoms with E-state index in [1.165, 1.54) is 0 Å². The molecule has 17 heavy (non-hydrogen) atoms. The van der Waals surface area contributed by atoms with Crippen molar-refractivity contribution in [2.45, 2.75) is 13.3 Å². The summed E-state index contributed by atoms with van der Waals surface area (Å²) in [7, 11) is 0. The average molecular weight is 232 g/mol. The molecule has 2 aromatic rings. The van der Waals surface area contributed by atoms with Crippen LogP contribution < -0.4 is 11.1 Å². The summed E-state index contributed by atoms with van der Waals surface area (Å²) in [6.07, 6.45) is 0.928. The van der Waals surface area contributed by atoms with Gasteiger partial charge in [0.05, 0.1) is 5.56 Å². The number of nitrogens with two attached hydrogens (primary N) is 1. The van der Waals surface area contributed by atoms with E-state index in [0.717, 1.165) is 24.2 Å². The number of anilines is 1. The predicted octanol–water partition coefficient (Wildman–Crippen LogP) is 1.81. The second kappa shape index (κ2) is 5.45. The molecule has 5 heteroatoms.